The fourth-order valence-corrected chi connectivity index (χ4v) is 2.51. The fourth-order valence-electron chi connectivity index (χ4n) is 2.51. The second kappa shape index (κ2) is 5.90. The van der Waals surface area contributed by atoms with E-state index in [-0.39, 0.29) is 24.4 Å². The van der Waals surface area contributed by atoms with Crippen molar-refractivity contribution in [2.45, 2.75) is 38.8 Å². The zero-order chi connectivity index (χ0) is 14.7. The zero-order valence-electron chi connectivity index (χ0n) is 11.4. The van der Waals surface area contributed by atoms with Gasteiger partial charge in [-0.1, -0.05) is 6.07 Å². The molecule has 1 aromatic rings. The number of nitrogens with zero attached hydrogens (tertiary/aromatic N) is 2. The van der Waals surface area contributed by atoms with E-state index in [9.17, 15) is 14.4 Å². The quantitative estimate of drug-likeness (QED) is 0.875. The highest BCUT2D eigenvalue weighted by Gasteiger charge is 2.33. The lowest BCUT2D eigenvalue weighted by molar-refractivity contribution is -0.148. The average molecular weight is 278 g/mol. The molecule has 0 bridgehead atoms. The van der Waals surface area contributed by atoms with Crippen LogP contribution in [0.1, 0.15) is 24.8 Å². The number of amides is 1. The number of rotatable bonds is 4. The first-order valence-electron chi connectivity index (χ1n) is 6.69. The molecule has 108 valence electrons. The van der Waals surface area contributed by atoms with E-state index >= 15 is 0 Å². The third-order valence-electron chi connectivity index (χ3n) is 3.64. The molecule has 1 aromatic heterocycles. The van der Waals surface area contributed by atoms with Crippen molar-refractivity contribution >= 4 is 11.9 Å². The third-order valence-corrected chi connectivity index (χ3v) is 3.64. The van der Waals surface area contributed by atoms with Crippen LogP contribution in [0.4, 0.5) is 0 Å². The SMILES string of the molecule is Cc1cccn(CCC(=O)N2CCCC2C(=O)O)c1=O. The molecule has 1 unspecified atom stereocenters. The van der Waals surface area contributed by atoms with Crippen LogP contribution < -0.4 is 5.56 Å². The molecule has 1 amide bonds. The molecule has 1 atom stereocenters. The van der Waals surface area contributed by atoms with Crippen molar-refractivity contribution in [1.29, 1.82) is 0 Å². The van der Waals surface area contributed by atoms with E-state index in [2.05, 4.69) is 0 Å². The highest BCUT2D eigenvalue weighted by atomic mass is 16.4. The van der Waals surface area contributed by atoms with Gasteiger partial charge in [-0.05, 0) is 25.8 Å². The number of hydrogen-bond donors (Lipinski definition) is 1. The number of carboxylic acid groups (broad SMARTS) is 1. The Bertz CT molecular complexity index is 579. The van der Waals surface area contributed by atoms with Crippen LogP contribution in [0.25, 0.3) is 0 Å². The van der Waals surface area contributed by atoms with Crippen molar-refractivity contribution in [3.05, 3.63) is 34.2 Å². The molecule has 1 aliphatic rings. The van der Waals surface area contributed by atoms with Gasteiger partial charge in [0.25, 0.3) is 5.56 Å². The topological polar surface area (TPSA) is 79.6 Å². The van der Waals surface area contributed by atoms with Crippen molar-refractivity contribution < 1.29 is 14.7 Å². The van der Waals surface area contributed by atoms with Crippen molar-refractivity contribution in [2.24, 2.45) is 0 Å². The highest BCUT2D eigenvalue weighted by Crippen LogP contribution is 2.18. The van der Waals surface area contributed by atoms with Crippen LogP contribution in [-0.4, -0.2) is 39.0 Å². The summed E-state index contributed by atoms with van der Waals surface area (Å²) < 4.78 is 1.49. The third kappa shape index (κ3) is 2.89. The lowest BCUT2D eigenvalue weighted by atomic mass is 10.2. The van der Waals surface area contributed by atoms with Gasteiger partial charge in [-0.15, -0.1) is 0 Å². The molecule has 0 spiro atoms. The van der Waals surface area contributed by atoms with Crippen molar-refractivity contribution in [3.63, 3.8) is 0 Å². The monoisotopic (exact) mass is 278 g/mol. The lowest BCUT2D eigenvalue weighted by Gasteiger charge is -2.21. The van der Waals surface area contributed by atoms with E-state index in [0.717, 1.165) is 0 Å². The van der Waals surface area contributed by atoms with E-state index in [4.69, 9.17) is 5.11 Å². The minimum Gasteiger partial charge on any atom is -0.480 e. The molecule has 0 saturated carbocycles. The minimum absolute atomic E-state index is 0.114. The molecule has 1 aliphatic heterocycles. The van der Waals surface area contributed by atoms with Gasteiger partial charge in [-0.25, -0.2) is 4.79 Å². The summed E-state index contributed by atoms with van der Waals surface area (Å²) >= 11 is 0. The second-order valence-electron chi connectivity index (χ2n) is 5.02. The summed E-state index contributed by atoms with van der Waals surface area (Å²) in [5.41, 5.74) is 0.515. The Balaban J connectivity index is 2.00. The first-order valence-corrected chi connectivity index (χ1v) is 6.69. The van der Waals surface area contributed by atoms with E-state index in [1.807, 2.05) is 0 Å². The van der Waals surface area contributed by atoms with Gasteiger partial charge in [-0.2, -0.15) is 0 Å². The van der Waals surface area contributed by atoms with Gasteiger partial charge >= 0.3 is 5.97 Å². The normalized spacial score (nSPS) is 18.2. The van der Waals surface area contributed by atoms with Gasteiger partial charge in [0.05, 0.1) is 0 Å². The summed E-state index contributed by atoms with van der Waals surface area (Å²) in [4.78, 5) is 36.3. The molecule has 1 N–H and O–H groups in total. The summed E-state index contributed by atoms with van der Waals surface area (Å²) in [6.45, 7) is 2.49. The minimum atomic E-state index is -0.955. The van der Waals surface area contributed by atoms with Crippen LogP contribution in [0.3, 0.4) is 0 Å². The molecular formula is C14H18N2O4. The Morgan fingerprint density at radius 3 is 2.90 bits per heavy atom. The molecule has 2 heterocycles. The van der Waals surface area contributed by atoms with E-state index < -0.39 is 12.0 Å². The molecule has 6 heteroatoms. The number of pyridine rings is 1. The Kier molecular flexibility index (Phi) is 4.22. The average Bonchev–Trinajstić information content (AvgIpc) is 2.89. The van der Waals surface area contributed by atoms with Crippen LogP contribution in [0, 0.1) is 6.92 Å². The van der Waals surface area contributed by atoms with Crippen LogP contribution >= 0.6 is 0 Å². The maximum atomic E-state index is 12.1. The fraction of sp³-hybridized carbons (Fsp3) is 0.500. The predicted octanol–water partition coefficient (Wildman–Crippen LogP) is 0.622. The first-order chi connectivity index (χ1) is 9.50. The van der Waals surface area contributed by atoms with Crippen LogP contribution in [-0.2, 0) is 16.1 Å². The second-order valence-corrected chi connectivity index (χ2v) is 5.02. The van der Waals surface area contributed by atoms with Gasteiger partial charge in [0.15, 0.2) is 0 Å². The van der Waals surface area contributed by atoms with E-state index in [1.165, 1.54) is 9.47 Å². The highest BCUT2D eigenvalue weighted by molar-refractivity contribution is 5.84. The summed E-state index contributed by atoms with van der Waals surface area (Å²) in [6, 6.07) is 2.77. The number of carbonyl (C=O) groups excluding carboxylic acids is 1. The summed E-state index contributed by atoms with van der Waals surface area (Å²) in [6.07, 6.45) is 3.01. The molecule has 0 aromatic carbocycles. The number of aliphatic carboxylic acids is 1. The van der Waals surface area contributed by atoms with Crippen LogP contribution in [0.2, 0.25) is 0 Å². The number of carbonyl (C=O) groups is 2. The number of aromatic nitrogens is 1. The summed E-state index contributed by atoms with van der Waals surface area (Å²) in [7, 11) is 0. The van der Waals surface area contributed by atoms with Crippen molar-refractivity contribution in [1.82, 2.24) is 9.47 Å². The largest absolute Gasteiger partial charge is 0.480 e. The summed E-state index contributed by atoms with van der Waals surface area (Å²) in [5.74, 6) is -1.16. The molecule has 20 heavy (non-hydrogen) atoms. The molecule has 1 saturated heterocycles. The number of hydrogen-bond acceptors (Lipinski definition) is 3. The Hall–Kier alpha value is -2.11. The van der Waals surface area contributed by atoms with Crippen LogP contribution in [0.5, 0.6) is 0 Å². The molecule has 0 aliphatic carbocycles. The van der Waals surface area contributed by atoms with Gasteiger partial charge in [0.1, 0.15) is 6.04 Å². The van der Waals surface area contributed by atoms with Crippen molar-refractivity contribution in [2.75, 3.05) is 6.54 Å². The van der Waals surface area contributed by atoms with E-state index in [1.54, 1.807) is 25.3 Å². The van der Waals surface area contributed by atoms with Gasteiger partial charge in [-0.3, -0.25) is 9.59 Å². The van der Waals surface area contributed by atoms with Crippen molar-refractivity contribution in [3.8, 4) is 0 Å². The number of likely N-dealkylation sites (tertiary alicyclic amines) is 1. The molecule has 0 radical (unpaired) electrons. The Morgan fingerprint density at radius 1 is 1.45 bits per heavy atom. The maximum absolute atomic E-state index is 12.1. The number of aryl methyl sites for hydroxylation is 2. The first kappa shape index (κ1) is 14.3. The molecular weight excluding hydrogens is 260 g/mol. The van der Waals surface area contributed by atoms with Gasteiger partial charge in [0, 0.05) is 31.3 Å². The van der Waals surface area contributed by atoms with Gasteiger partial charge in [0.2, 0.25) is 5.91 Å². The van der Waals surface area contributed by atoms with Gasteiger partial charge < -0.3 is 14.6 Å². The maximum Gasteiger partial charge on any atom is 0.326 e. The molecule has 1 fully saturated rings. The lowest BCUT2D eigenvalue weighted by Crippen LogP contribution is -2.41. The Morgan fingerprint density at radius 2 is 2.20 bits per heavy atom. The zero-order valence-corrected chi connectivity index (χ0v) is 11.4. The van der Waals surface area contributed by atoms with Crippen LogP contribution in [0.15, 0.2) is 23.1 Å². The Labute approximate surface area is 116 Å². The molecule has 2 rings (SSSR count). The van der Waals surface area contributed by atoms with E-state index in [0.29, 0.717) is 24.9 Å². The standard InChI is InChI=1S/C14H18N2O4/c1-10-4-2-7-15(13(10)18)9-6-12(17)16-8-3-5-11(16)14(19)20/h2,4,7,11H,3,5-6,8-9H2,1H3,(H,19,20). The number of carboxylic acids is 1. The predicted molar refractivity (Wildman–Crippen MR) is 72.4 cm³/mol. The summed E-state index contributed by atoms with van der Waals surface area (Å²) in [5, 5.41) is 9.05. The molecule has 6 nitrogen and oxygen atoms in total. The smallest absolute Gasteiger partial charge is 0.326 e.